The van der Waals surface area contributed by atoms with Crippen LogP contribution in [-0.4, -0.2) is 10.2 Å². The molecule has 0 atom stereocenters. The lowest BCUT2D eigenvalue weighted by atomic mass is 9.57. The molecule has 0 radical (unpaired) electrons. The summed E-state index contributed by atoms with van der Waals surface area (Å²) in [6, 6.07) is 23.6. The third kappa shape index (κ3) is 3.13. The lowest BCUT2D eigenvalue weighted by Gasteiger charge is -2.46. The molecule has 2 aromatic rings. The zero-order valence-corrected chi connectivity index (χ0v) is 15.9. The Morgan fingerprint density at radius 2 is 1.19 bits per heavy atom. The Hall–Kier alpha value is -1.34. The largest absolute Gasteiger partial charge is 0.0658 e. The third-order valence-electron chi connectivity index (χ3n) is 4.72. The van der Waals surface area contributed by atoms with Gasteiger partial charge in [0.25, 0.3) is 0 Å². The van der Waals surface area contributed by atoms with E-state index in [1.807, 2.05) is 0 Å². The van der Waals surface area contributed by atoms with Gasteiger partial charge in [-0.1, -0.05) is 93.9 Å². The van der Waals surface area contributed by atoms with Gasteiger partial charge < -0.3 is 0 Å². The average molecular weight is 297 g/mol. The molecule has 0 saturated heterocycles. The van der Waals surface area contributed by atoms with Crippen molar-refractivity contribution in [3.05, 3.63) is 71.8 Å². The van der Waals surface area contributed by atoms with Gasteiger partial charge in [-0.3, -0.25) is 0 Å². The van der Waals surface area contributed by atoms with Gasteiger partial charge in [0.1, 0.15) is 0 Å². The molecule has 0 amide bonds. The van der Waals surface area contributed by atoms with E-state index < -0.39 is 0 Å². The highest BCUT2D eigenvalue weighted by atomic mass is 28.1. The van der Waals surface area contributed by atoms with Gasteiger partial charge in [0.15, 0.2) is 0 Å². The highest BCUT2D eigenvalue weighted by Crippen LogP contribution is 2.50. The first-order chi connectivity index (χ1) is 10.0. The van der Waals surface area contributed by atoms with Crippen LogP contribution in [0, 0.1) is 5.41 Å². The van der Waals surface area contributed by atoms with E-state index in [1.54, 1.807) is 0 Å². The number of benzene rings is 2. The van der Waals surface area contributed by atoms with Crippen LogP contribution in [0.4, 0.5) is 0 Å². The van der Waals surface area contributed by atoms with E-state index in [9.17, 15) is 0 Å². The zero-order valence-electron chi connectivity index (χ0n) is 13.9. The predicted octanol–water partition coefficient (Wildman–Crippen LogP) is 4.58. The Morgan fingerprint density at radius 3 is 1.52 bits per heavy atom. The maximum Gasteiger partial charge on any atom is 0.0251 e. The molecule has 0 saturated carbocycles. The van der Waals surface area contributed by atoms with E-state index in [2.05, 4.69) is 81.4 Å². The summed E-state index contributed by atoms with van der Waals surface area (Å²) in [5.74, 6) is 0. The molecule has 0 heterocycles. The maximum absolute atomic E-state index is 2.39. The minimum Gasteiger partial charge on any atom is -0.0658 e. The SMILES string of the molecule is CC(C)(C)C(CCC[SiH3])(c1ccccc1)c1ccccc1. The van der Waals surface area contributed by atoms with Crippen molar-refractivity contribution in [2.45, 2.75) is 45.1 Å². The first-order valence-electron chi connectivity index (χ1n) is 8.13. The summed E-state index contributed by atoms with van der Waals surface area (Å²) >= 11 is 0. The second-order valence-electron chi connectivity index (χ2n) is 6.99. The van der Waals surface area contributed by atoms with E-state index in [-0.39, 0.29) is 10.8 Å². The van der Waals surface area contributed by atoms with Crippen LogP contribution in [-0.2, 0) is 5.41 Å². The van der Waals surface area contributed by atoms with Gasteiger partial charge in [0.05, 0.1) is 0 Å². The van der Waals surface area contributed by atoms with Gasteiger partial charge in [-0.05, 0) is 23.0 Å². The summed E-state index contributed by atoms with van der Waals surface area (Å²) < 4.78 is 0. The van der Waals surface area contributed by atoms with Crippen molar-refractivity contribution in [1.29, 1.82) is 0 Å². The number of hydrogen-bond donors (Lipinski definition) is 0. The Labute approximate surface area is 133 Å². The van der Waals surface area contributed by atoms with Gasteiger partial charge in [-0.25, -0.2) is 0 Å². The molecule has 2 rings (SSSR count). The maximum atomic E-state index is 2.39. The van der Waals surface area contributed by atoms with Gasteiger partial charge in [-0.15, -0.1) is 0 Å². The Balaban J connectivity index is 2.66. The van der Waals surface area contributed by atoms with Crippen molar-refractivity contribution in [3.8, 4) is 0 Å². The van der Waals surface area contributed by atoms with Crippen LogP contribution in [0.3, 0.4) is 0 Å². The molecule has 1 heteroatoms. The number of hydrogen-bond acceptors (Lipinski definition) is 0. The minimum absolute atomic E-state index is 0.0972. The fourth-order valence-electron chi connectivity index (χ4n) is 3.58. The summed E-state index contributed by atoms with van der Waals surface area (Å²) in [5, 5.41) is 0. The summed E-state index contributed by atoms with van der Waals surface area (Å²) in [4.78, 5) is 0. The topological polar surface area (TPSA) is 0 Å². The Morgan fingerprint density at radius 1 is 0.762 bits per heavy atom. The van der Waals surface area contributed by atoms with E-state index in [4.69, 9.17) is 0 Å². The molecule has 0 aliphatic rings. The Kier molecular flexibility index (Phi) is 5.05. The summed E-state index contributed by atoms with van der Waals surface area (Å²) in [5.41, 5.74) is 3.20. The molecule has 0 bridgehead atoms. The minimum atomic E-state index is 0.0972. The van der Waals surface area contributed by atoms with E-state index in [0.29, 0.717) is 0 Å². The van der Waals surface area contributed by atoms with Crippen molar-refractivity contribution >= 4 is 10.2 Å². The molecular formula is C20H28Si. The smallest absolute Gasteiger partial charge is 0.0251 e. The monoisotopic (exact) mass is 296 g/mol. The van der Waals surface area contributed by atoms with Crippen molar-refractivity contribution in [2.24, 2.45) is 5.41 Å². The van der Waals surface area contributed by atoms with Gasteiger partial charge in [-0.2, -0.15) is 0 Å². The van der Waals surface area contributed by atoms with E-state index in [0.717, 1.165) is 0 Å². The number of rotatable bonds is 5. The predicted molar refractivity (Wildman–Crippen MR) is 97.1 cm³/mol. The fourth-order valence-corrected chi connectivity index (χ4v) is 3.94. The van der Waals surface area contributed by atoms with Crippen molar-refractivity contribution in [2.75, 3.05) is 0 Å². The summed E-state index contributed by atoms with van der Waals surface area (Å²) in [7, 11) is 1.29. The first-order valence-corrected chi connectivity index (χ1v) is 9.55. The first kappa shape index (κ1) is 16.0. The molecule has 0 aromatic heterocycles. The molecule has 0 aliphatic heterocycles. The average Bonchev–Trinajstić information content (AvgIpc) is 2.49. The molecular weight excluding hydrogens is 268 g/mol. The second-order valence-corrected chi connectivity index (χ2v) is 7.99. The molecule has 0 nitrogen and oxygen atoms in total. The molecule has 2 aromatic carbocycles. The molecule has 21 heavy (non-hydrogen) atoms. The summed E-state index contributed by atoms with van der Waals surface area (Å²) in [6.07, 6.45) is 2.54. The molecule has 0 N–H and O–H groups in total. The van der Waals surface area contributed by atoms with E-state index in [1.165, 1.54) is 40.3 Å². The Bertz CT molecular complexity index is 498. The lowest BCUT2D eigenvalue weighted by molar-refractivity contribution is 0.211. The quantitative estimate of drug-likeness (QED) is 0.708. The third-order valence-corrected chi connectivity index (χ3v) is 5.43. The molecule has 0 unspecified atom stereocenters. The molecule has 0 aliphatic carbocycles. The van der Waals surface area contributed by atoms with Crippen LogP contribution in [0.5, 0.6) is 0 Å². The zero-order chi connectivity index (χ0) is 15.3. The van der Waals surface area contributed by atoms with Crippen LogP contribution in [0.2, 0.25) is 6.04 Å². The normalized spacial score (nSPS) is 12.5. The molecule has 0 spiro atoms. The van der Waals surface area contributed by atoms with Crippen LogP contribution < -0.4 is 0 Å². The van der Waals surface area contributed by atoms with Crippen molar-refractivity contribution in [1.82, 2.24) is 0 Å². The standard InChI is InChI=1S/C20H28Si/c1-19(2,3)20(15-10-16-21,17-11-6-4-7-12-17)18-13-8-5-9-14-18/h4-9,11-14H,10,15-16H2,1-3,21H3. The van der Waals surface area contributed by atoms with Crippen LogP contribution in [0.15, 0.2) is 60.7 Å². The van der Waals surface area contributed by atoms with Crippen molar-refractivity contribution in [3.63, 3.8) is 0 Å². The van der Waals surface area contributed by atoms with Crippen LogP contribution >= 0.6 is 0 Å². The summed E-state index contributed by atoms with van der Waals surface area (Å²) in [6.45, 7) is 7.17. The highest BCUT2D eigenvalue weighted by Gasteiger charge is 2.43. The van der Waals surface area contributed by atoms with Crippen molar-refractivity contribution < 1.29 is 0 Å². The molecule has 0 fully saturated rings. The van der Waals surface area contributed by atoms with Gasteiger partial charge in [0, 0.05) is 15.7 Å². The van der Waals surface area contributed by atoms with Gasteiger partial charge in [0.2, 0.25) is 0 Å². The van der Waals surface area contributed by atoms with Crippen LogP contribution in [0.1, 0.15) is 44.7 Å². The van der Waals surface area contributed by atoms with Gasteiger partial charge >= 0.3 is 0 Å². The van der Waals surface area contributed by atoms with Crippen LogP contribution in [0.25, 0.3) is 0 Å². The lowest BCUT2D eigenvalue weighted by Crippen LogP contribution is -2.41. The highest BCUT2D eigenvalue weighted by molar-refractivity contribution is 6.08. The second kappa shape index (κ2) is 6.61. The van der Waals surface area contributed by atoms with E-state index >= 15 is 0 Å². The molecule has 112 valence electrons. The fraction of sp³-hybridized carbons (Fsp3) is 0.400.